The molecular formula is C17H18F3N3O4. The molecule has 0 spiro atoms. The molecule has 4 rings (SSSR count). The molecule has 3 N–H and O–H groups in total. The fraction of sp³-hybridized carbons (Fsp3) is 0.471. The van der Waals surface area contributed by atoms with E-state index in [0.717, 1.165) is 37.2 Å². The average molecular weight is 385 g/mol. The molecule has 0 aliphatic carbocycles. The predicted octanol–water partition coefficient (Wildman–Crippen LogP) is -1.65. The van der Waals surface area contributed by atoms with Crippen molar-refractivity contribution in [3.8, 4) is 0 Å². The minimum atomic E-state index is -5.19. The lowest BCUT2D eigenvalue weighted by Gasteiger charge is -2.42. The number of carboxylic acid groups (broad SMARTS) is 1. The molecule has 0 aromatic heterocycles. The van der Waals surface area contributed by atoms with Gasteiger partial charge in [-0.2, -0.15) is 13.2 Å². The van der Waals surface area contributed by atoms with Gasteiger partial charge in [0.15, 0.2) is 0 Å². The van der Waals surface area contributed by atoms with Crippen LogP contribution >= 0.6 is 0 Å². The maximum Gasteiger partial charge on any atom is 0.430 e. The molecule has 1 fully saturated rings. The number of nitrogens with two attached hydrogens (primary N) is 1. The highest BCUT2D eigenvalue weighted by Crippen LogP contribution is 2.35. The van der Waals surface area contributed by atoms with E-state index in [9.17, 15) is 22.8 Å². The van der Waals surface area contributed by atoms with Crippen LogP contribution in [0.1, 0.15) is 27.5 Å². The number of halogens is 3. The van der Waals surface area contributed by atoms with Crippen LogP contribution in [0.25, 0.3) is 0 Å². The molecule has 3 aliphatic heterocycles. The summed E-state index contributed by atoms with van der Waals surface area (Å²) in [5, 5.41) is 13.9. The van der Waals surface area contributed by atoms with Gasteiger partial charge in [-0.25, -0.2) is 0 Å². The molecule has 0 saturated carbocycles. The Morgan fingerprint density at radius 2 is 1.93 bits per heavy atom. The summed E-state index contributed by atoms with van der Waals surface area (Å²) in [6.45, 7) is 3.13. The van der Waals surface area contributed by atoms with Gasteiger partial charge in [0.1, 0.15) is 11.9 Å². The van der Waals surface area contributed by atoms with Crippen LogP contribution < -0.4 is 15.7 Å². The highest BCUT2D eigenvalue weighted by atomic mass is 19.4. The monoisotopic (exact) mass is 385 g/mol. The molecule has 146 valence electrons. The number of benzene rings is 1. The summed E-state index contributed by atoms with van der Waals surface area (Å²) in [7, 11) is 0. The van der Waals surface area contributed by atoms with Gasteiger partial charge in [-0.15, -0.1) is 0 Å². The van der Waals surface area contributed by atoms with Gasteiger partial charge in [0.25, 0.3) is 5.91 Å². The second-order valence-electron chi connectivity index (χ2n) is 6.63. The van der Waals surface area contributed by atoms with E-state index >= 15 is 0 Å². The first-order valence-corrected chi connectivity index (χ1v) is 8.50. The smallest absolute Gasteiger partial charge is 0.430 e. The molecule has 1 atom stereocenters. The summed E-state index contributed by atoms with van der Waals surface area (Å²) in [6, 6.07) is 5.92. The molecule has 1 unspecified atom stereocenters. The number of amides is 2. The summed E-state index contributed by atoms with van der Waals surface area (Å²) in [5.74, 6) is -2.59. The Labute approximate surface area is 152 Å². The van der Waals surface area contributed by atoms with Crippen molar-refractivity contribution in [1.29, 1.82) is 0 Å². The summed E-state index contributed by atoms with van der Waals surface area (Å²) < 4.78 is 31.5. The zero-order valence-electron chi connectivity index (χ0n) is 14.2. The first-order valence-electron chi connectivity index (χ1n) is 8.50. The third kappa shape index (κ3) is 3.75. The number of hydrogen-bond donors (Lipinski definition) is 2. The van der Waals surface area contributed by atoms with Crippen LogP contribution in [0.4, 0.5) is 13.2 Å². The lowest BCUT2D eigenvalue weighted by molar-refractivity contribution is -0.717. The Kier molecular flexibility index (Phi) is 5.09. The molecule has 10 heteroatoms. The molecule has 0 bridgehead atoms. The van der Waals surface area contributed by atoms with E-state index in [4.69, 9.17) is 9.90 Å². The normalized spacial score (nSPS) is 21.2. The van der Waals surface area contributed by atoms with E-state index in [1.165, 1.54) is 5.56 Å². The summed E-state index contributed by atoms with van der Waals surface area (Å²) in [5.41, 5.74) is 3.06. The standard InChI is InChI=1S/C15H17N3O2.C2HF3O2/c19-14-11-3-1-2-9-4-5-18(12(8-17-14)13(9)11)15(20)10-6-16-7-10;3-2(4,5)1(6)7/h1-3,10,12,16H,4-8H2,(H,17,19);(H,6,7). The number of carbonyl (C=O) groups excluding carboxylic acids is 3. The highest BCUT2D eigenvalue weighted by Gasteiger charge is 2.41. The first-order chi connectivity index (χ1) is 12.7. The topological polar surface area (TPSA) is 106 Å². The van der Waals surface area contributed by atoms with E-state index in [0.29, 0.717) is 6.54 Å². The SMILES string of the molecule is O=C([O-])C(F)(F)F.O=C1NCC2c3c(cccc31)CCN2C(=O)C1C[NH2+]C1. The minimum Gasteiger partial charge on any atom is -0.542 e. The number of nitrogens with zero attached hydrogens (tertiary/aromatic N) is 1. The zero-order valence-corrected chi connectivity index (χ0v) is 14.2. The van der Waals surface area contributed by atoms with E-state index < -0.39 is 12.1 Å². The second kappa shape index (κ2) is 7.18. The third-order valence-electron chi connectivity index (χ3n) is 4.99. The molecule has 1 saturated heterocycles. The van der Waals surface area contributed by atoms with Gasteiger partial charge in [0, 0.05) is 18.7 Å². The highest BCUT2D eigenvalue weighted by molar-refractivity contribution is 5.98. The van der Waals surface area contributed by atoms with Crippen LogP contribution in [0.3, 0.4) is 0 Å². The molecular weight excluding hydrogens is 367 g/mol. The molecule has 3 heterocycles. The Morgan fingerprint density at radius 1 is 1.26 bits per heavy atom. The number of aliphatic carboxylic acids is 1. The van der Waals surface area contributed by atoms with E-state index in [2.05, 4.69) is 16.7 Å². The van der Waals surface area contributed by atoms with Gasteiger partial charge in [0.2, 0.25) is 5.91 Å². The number of rotatable bonds is 1. The number of quaternary nitrogens is 1. The number of hydrogen-bond acceptors (Lipinski definition) is 4. The summed E-state index contributed by atoms with van der Waals surface area (Å²) in [6.07, 6.45) is -4.34. The fourth-order valence-corrected chi connectivity index (χ4v) is 3.51. The molecule has 3 aliphatic rings. The molecule has 7 nitrogen and oxygen atoms in total. The Hall–Kier alpha value is -2.62. The Bertz CT molecular complexity index is 777. The zero-order chi connectivity index (χ0) is 19.8. The van der Waals surface area contributed by atoms with Crippen molar-refractivity contribution in [2.75, 3.05) is 26.2 Å². The molecule has 1 aromatic carbocycles. The van der Waals surface area contributed by atoms with Gasteiger partial charge in [-0.3, -0.25) is 9.59 Å². The van der Waals surface area contributed by atoms with Crippen molar-refractivity contribution >= 4 is 17.8 Å². The number of alkyl halides is 3. The predicted molar refractivity (Wildman–Crippen MR) is 83.1 cm³/mol. The van der Waals surface area contributed by atoms with Gasteiger partial charge in [0.05, 0.1) is 19.1 Å². The van der Waals surface area contributed by atoms with Crippen LogP contribution in [0.2, 0.25) is 0 Å². The number of carboxylic acids is 1. The van der Waals surface area contributed by atoms with E-state index in [1.54, 1.807) is 0 Å². The van der Waals surface area contributed by atoms with Crippen molar-refractivity contribution in [2.45, 2.75) is 18.6 Å². The quantitative estimate of drug-likeness (QED) is 0.604. The maximum atomic E-state index is 12.6. The van der Waals surface area contributed by atoms with Crippen LogP contribution in [0.5, 0.6) is 0 Å². The lowest BCUT2D eigenvalue weighted by Crippen LogP contribution is -2.97. The van der Waals surface area contributed by atoms with Crippen LogP contribution in [-0.4, -0.2) is 55.0 Å². The van der Waals surface area contributed by atoms with Crippen LogP contribution in [-0.2, 0) is 16.0 Å². The van der Waals surface area contributed by atoms with Gasteiger partial charge in [-0.05, 0) is 23.6 Å². The van der Waals surface area contributed by atoms with Gasteiger partial charge >= 0.3 is 6.18 Å². The molecule has 1 aromatic rings. The van der Waals surface area contributed by atoms with Crippen LogP contribution in [0, 0.1) is 5.92 Å². The van der Waals surface area contributed by atoms with Crippen molar-refractivity contribution in [1.82, 2.24) is 10.2 Å². The summed E-state index contributed by atoms with van der Waals surface area (Å²) >= 11 is 0. The van der Waals surface area contributed by atoms with Crippen molar-refractivity contribution in [2.24, 2.45) is 5.92 Å². The maximum absolute atomic E-state index is 12.6. The Morgan fingerprint density at radius 3 is 2.48 bits per heavy atom. The Balaban J connectivity index is 0.000000260. The molecule has 2 amide bonds. The first kappa shape index (κ1) is 19.2. The van der Waals surface area contributed by atoms with Gasteiger partial charge in [-0.1, -0.05) is 12.1 Å². The van der Waals surface area contributed by atoms with Crippen molar-refractivity contribution in [3.05, 3.63) is 34.9 Å². The fourth-order valence-electron chi connectivity index (χ4n) is 3.51. The third-order valence-corrected chi connectivity index (χ3v) is 4.99. The summed E-state index contributed by atoms with van der Waals surface area (Å²) in [4.78, 5) is 35.3. The van der Waals surface area contributed by atoms with Crippen molar-refractivity contribution in [3.63, 3.8) is 0 Å². The van der Waals surface area contributed by atoms with E-state index in [1.807, 2.05) is 17.0 Å². The largest absolute Gasteiger partial charge is 0.542 e. The average Bonchev–Trinajstić information content (AvgIpc) is 2.56. The number of nitrogens with one attached hydrogen (secondary N) is 1. The van der Waals surface area contributed by atoms with Crippen molar-refractivity contribution < 1.29 is 38.0 Å². The van der Waals surface area contributed by atoms with E-state index in [-0.39, 0.29) is 23.8 Å². The molecule has 27 heavy (non-hydrogen) atoms. The molecule has 0 radical (unpaired) electrons. The minimum absolute atomic E-state index is 0.00984. The van der Waals surface area contributed by atoms with Gasteiger partial charge < -0.3 is 25.4 Å². The number of carbonyl (C=O) groups is 3. The second-order valence-corrected chi connectivity index (χ2v) is 6.63. The van der Waals surface area contributed by atoms with Crippen LogP contribution in [0.15, 0.2) is 18.2 Å². The lowest BCUT2D eigenvalue weighted by atomic mass is 9.85.